The van der Waals surface area contributed by atoms with Crippen LogP contribution in [0.5, 0.6) is 11.6 Å². The molecule has 1 aromatic carbocycles. The number of pyridine rings is 1. The lowest BCUT2D eigenvalue weighted by atomic mass is 10.1. The summed E-state index contributed by atoms with van der Waals surface area (Å²) in [7, 11) is 0. The zero-order valence-corrected chi connectivity index (χ0v) is 12.0. The Morgan fingerprint density at radius 1 is 1.20 bits per heavy atom. The molecule has 0 saturated heterocycles. The van der Waals surface area contributed by atoms with E-state index in [-0.39, 0.29) is 0 Å². The van der Waals surface area contributed by atoms with Gasteiger partial charge < -0.3 is 10.1 Å². The number of benzene rings is 1. The van der Waals surface area contributed by atoms with Gasteiger partial charge in [-0.1, -0.05) is 18.2 Å². The summed E-state index contributed by atoms with van der Waals surface area (Å²) >= 11 is 0. The number of rotatable bonds is 5. The third-order valence-corrected chi connectivity index (χ3v) is 3.49. The van der Waals surface area contributed by atoms with E-state index in [4.69, 9.17) is 4.74 Å². The Morgan fingerprint density at radius 3 is 2.85 bits per heavy atom. The van der Waals surface area contributed by atoms with Gasteiger partial charge in [0.15, 0.2) is 0 Å². The Labute approximate surface area is 120 Å². The Balaban J connectivity index is 1.72. The van der Waals surface area contributed by atoms with Gasteiger partial charge in [-0.15, -0.1) is 0 Å². The molecule has 3 rings (SSSR count). The molecule has 0 unspecified atom stereocenters. The monoisotopic (exact) mass is 268 g/mol. The number of nitrogens with zero attached hydrogens (tertiary/aromatic N) is 1. The molecule has 104 valence electrons. The van der Waals surface area contributed by atoms with E-state index in [9.17, 15) is 0 Å². The Kier molecular flexibility index (Phi) is 3.70. The molecule has 3 heteroatoms. The van der Waals surface area contributed by atoms with Crippen LogP contribution in [0.25, 0.3) is 0 Å². The highest BCUT2D eigenvalue weighted by Crippen LogP contribution is 2.25. The first kappa shape index (κ1) is 13.1. The molecule has 3 nitrogen and oxygen atoms in total. The third-order valence-electron chi connectivity index (χ3n) is 3.49. The predicted molar refractivity (Wildman–Crippen MR) is 80.1 cm³/mol. The highest BCUT2D eigenvalue weighted by Gasteiger charge is 2.20. The van der Waals surface area contributed by atoms with E-state index in [0.29, 0.717) is 11.9 Å². The molecule has 1 saturated carbocycles. The average Bonchev–Trinajstić information content (AvgIpc) is 3.25. The summed E-state index contributed by atoms with van der Waals surface area (Å²) < 4.78 is 5.91. The minimum atomic E-state index is 0.661. The third kappa shape index (κ3) is 3.36. The summed E-state index contributed by atoms with van der Waals surface area (Å²) in [6.45, 7) is 4.93. The van der Waals surface area contributed by atoms with Crippen molar-refractivity contribution in [1.82, 2.24) is 10.3 Å². The quantitative estimate of drug-likeness (QED) is 0.897. The van der Waals surface area contributed by atoms with Crippen molar-refractivity contribution in [3.8, 4) is 11.6 Å². The van der Waals surface area contributed by atoms with Gasteiger partial charge in [-0.3, -0.25) is 0 Å². The molecule has 0 radical (unpaired) electrons. The molecule has 0 bridgehead atoms. The second kappa shape index (κ2) is 5.63. The van der Waals surface area contributed by atoms with Crippen LogP contribution < -0.4 is 10.1 Å². The fraction of sp³-hybridized carbons (Fsp3) is 0.353. The van der Waals surface area contributed by atoms with Crippen molar-refractivity contribution in [2.45, 2.75) is 39.3 Å². The van der Waals surface area contributed by atoms with E-state index in [1.54, 1.807) is 0 Å². The minimum absolute atomic E-state index is 0.661. The van der Waals surface area contributed by atoms with E-state index in [1.165, 1.54) is 18.4 Å². The van der Waals surface area contributed by atoms with Gasteiger partial charge in [-0.25, -0.2) is 4.98 Å². The number of aryl methyl sites for hydroxylation is 2. The first-order valence-electron chi connectivity index (χ1n) is 7.15. The van der Waals surface area contributed by atoms with Crippen molar-refractivity contribution in [3.63, 3.8) is 0 Å². The van der Waals surface area contributed by atoms with Gasteiger partial charge in [0, 0.05) is 18.7 Å². The highest BCUT2D eigenvalue weighted by molar-refractivity contribution is 5.38. The van der Waals surface area contributed by atoms with Crippen molar-refractivity contribution in [3.05, 3.63) is 53.2 Å². The number of ether oxygens (including phenoxy) is 1. The van der Waals surface area contributed by atoms with Gasteiger partial charge >= 0.3 is 0 Å². The van der Waals surface area contributed by atoms with Crippen molar-refractivity contribution >= 4 is 0 Å². The first-order valence-corrected chi connectivity index (χ1v) is 7.15. The van der Waals surface area contributed by atoms with Crippen LogP contribution in [0.3, 0.4) is 0 Å². The molecule has 1 aliphatic rings. The van der Waals surface area contributed by atoms with Gasteiger partial charge in [-0.05, 0) is 49.9 Å². The number of hydrogen-bond donors (Lipinski definition) is 1. The van der Waals surface area contributed by atoms with Crippen LogP contribution in [0.2, 0.25) is 0 Å². The average molecular weight is 268 g/mol. The van der Waals surface area contributed by atoms with E-state index in [2.05, 4.69) is 29.4 Å². The molecular weight excluding hydrogens is 248 g/mol. The van der Waals surface area contributed by atoms with Crippen LogP contribution >= 0.6 is 0 Å². The zero-order chi connectivity index (χ0) is 13.9. The van der Waals surface area contributed by atoms with Crippen LogP contribution in [0.15, 0.2) is 36.4 Å². The maximum atomic E-state index is 5.91. The summed E-state index contributed by atoms with van der Waals surface area (Å²) in [5.74, 6) is 1.54. The van der Waals surface area contributed by atoms with Crippen molar-refractivity contribution < 1.29 is 4.74 Å². The van der Waals surface area contributed by atoms with Gasteiger partial charge in [-0.2, -0.15) is 0 Å². The highest BCUT2D eigenvalue weighted by atomic mass is 16.5. The Morgan fingerprint density at radius 2 is 2.05 bits per heavy atom. The topological polar surface area (TPSA) is 34.1 Å². The largest absolute Gasteiger partial charge is 0.439 e. The SMILES string of the molecule is Cc1ccc(C)c(Oc2cccc(CNC3CC3)n2)c1. The summed E-state index contributed by atoms with van der Waals surface area (Å²) in [5, 5.41) is 3.47. The lowest BCUT2D eigenvalue weighted by Gasteiger charge is -2.10. The molecule has 0 amide bonds. The van der Waals surface area contributed by atoms with Gasteiger partial charge in [0.2, 0.25) is 5.88 Å². The molecule has 1 N–H and O–H groups in total. The van der Waals surface area contributed by atoms with Crippen LogP contribution in [-0.2, 0) is 6.54 Å². The fourth-order valence-electron chi connectivity index (χ4n) is 2.08. The Bertz CT molecular complexity index is 606. The van der Waals surface area contributed by atoms with Crippen molar-refractivity contribution in [1.29, 1.82) is 0 Å². The Hall–Kier alpha value is -1.87. The van der Waals surface area contributed by atoms with Crippen molar-refractivity contribution in [2.75, 3.05) is 0 Å². The normalized spacial score (nSPS) is 14.3. The molecule has 0 aliphatic heterocycles. The van der Waals surface area contributed by atoms with Gasteiger partial charge in [0.05, 0.1) is 5.69 Å². The molecular formula is C17H20N2O. The maximum absolute atomic E-state index is 5.91. The zero-order valence-electron chi connectivity index (χ0n) is 12.0. The molecule has 1 fully saturated rings. The van der Waals surface area contributed by atoms with Crippen molar-refractivity contribution in [2.24, 2.45) is 0 Å². The number of aromatic nitrogens is 1. The van der Waals surface area contributed by atoms with E-state index < -0.39 is 0 Å². The van der Waals surface area contributed by atoms with Gasteiger partial charge in [0.1, 0.15) is 5.75 Å². The first-order chi connectivity index (χ1) is 9.70. The summed E-state index contributed by atoms with van der Waals surface area (Å²) in [5.41, 5.74) is 3.34. The molecule has 1 aliphatic carbocycles. The predicted octanol–water partition coefficient (Wildman–Crippen LogP) is 3.74. The molecule has 1 aromatic heterocycles. The summed E-state index contributed by atoms with van der Waals surface area (Å²) in [6.07, 6.45) is 2.58. The molecule has 0 spiro atoms. The smallest absolute Gasteiger partial charge is 0.219 e. The maximum Gasteiger partial charge on any atom is 0.219 e. The fourth-order valence-corrected chi connectivity index (χ4v) is 2.08. The molecule has 1 heterocycles. The summed E-state index contributed by atoms with van der Waals surface area (Å²) in [6, 6.07) is 12.8. The van der Waals surface area contributed by atoms with Crippen LogP contribution in [-0.4, -0.2) is 11.0 Å². The van der Waals surface area contributed by atoms with E-state index >= 15 is 0 Å². The standard InChI is InChI=1S/C17H20N2O/c1-12-6-7-13(2)16(10-12)20-17-5-3-4-15(19-17)11-18-14-8-9-14/h3-7,10,14,18H,8-9,11H2,1-2H3. The summed E-state index contributed by atoms with van der Waals surface area (Å²) in [4.78, 5) is 4.55. The second-order valence-corrected chi connectivity index (χ2v) is 5.49. The number of nitrogens with one attached hydrogen (secondary N) is 1. The molecule has 0 atom stereocenters. The molecule has 2 aromatic rings. The van der Waals surface area contributed by atoms with Crippen LogP contribution in [0.1, 0.15) is 29.7 Å². The lowest BCUT2D eigenvalue weighted by Crippen LogP contribution is -2.16. The van der Waals surface area contributed by atoms with Crippen LogP contribution in [0.4, 0.5) is 0 Å². The lowest BCUT2D eigenvalue weighted by molar-refractivity contribution is 0.455. The van der Waals surface area contributed by atoms with Gasteiger partial charge in [0.25, 0.3) is 0 Å². The van der Waals surface area contributed by atoms with E-state index in [1.807, 2.05) is 31.2 Å². The molecule has 20 heavy (non-hydrogen) atoms. The van der Waals surface area contributed by atoms with E-state index in [0.717, 1.165) is 23.6 Å². The second-order valence-electron chi connectivity index (χ2n) is 5.49. The number of hydrogen-bond acceptors (Lipinski definition) is 3. The minimum Gasteiger partial charge on any atom is -0.439 e. The van der Waals surface area contributed by atoms with Crippen LogP contribution in [0, 0.1) is 13.8 Å².